The molecule has 0 aromatic carbocycles. The van der Waals surface area contributed by atoms with Gasteiger partial charge in [0.2, 0.25) is 0 Å². The van der Waals surface area contributed by atoms with Crippen LogP contribution in [0.2, 0.25) is 0 Å². The smallest absolute Gasteiger partial charge is 0.320 e. The van der Waals surface area contributed by atoms with Crippen LogP contribution in [0.1, 0.15) is 31.1 Å². The summed E-state index contributed by atoms with van der Waals surface area (Å²) in [6, 6.07) is 5.31. The number of aromatic nitrogens is 2. The number of anilines is 1. The Bertz CT molecular complexity index is 613. The number of urea groups is 1. The molecule has 0 unspecified atom stereocenters. The van der Waals surface area contributed by atoms with Gasteiger partial charge in [0.1, 0.15) is 17.3 Å². The SMILES string of the molecule is Cc1cc(NC(=O)NCc2ccc(C)o2)n(CC(C)C)n1. The summed E-state index contributed by atoms with van der Waals surface area (Å²) in [7, 11) is 0. The number of rotatable bonds is 5. The number of carbonyl (C=O) groups excluding carboxylic acids is 1. The minimum atomic E-state index is -0.269. The minimum Gasteiger partial charge on any atom is -0.465 e. The summed E-state index contributed by atoms with van der Waals surface area (Å²) in [6.45, 7) is 9.13. The molecule has 0 atom stereocenters. The van der Waals surface area contributed by atoms with Gasteiger partial charge in [-0.15, -0.1) is 0 Å². The Labute approximate surface area is 124 Å². The Hall–Kier alpha value is -2.24. The second kappa shape index (κ2) is 6.47. The van der Waals surface area contributed by atoms with Crippen molar-refractivity contribution in [3.8, 4) is 0 Å². The molecule has 6 nitrogen and oxygen atoms in total. The molecule has 6 heteroatoms. The lowest BCUT2D eigenvalue weighted by Crippen LogP contribution is -2.29. The predicted octanol–water partition coefficient (Wildman–Crippen LogP) is 3.07. The summed E-state index contributed by atoms with van der Waals surface area (Å²) in [5.41, 5.74) is 0.882. The van der Waals surface area contributed by atoms with Crippen molar-refractivity contribution in [1.29, 1.82) is 0 Å². The summed E-state index contributed by atoms with van der Waals surface area (Å²) in [5, 5.41) is 9.97. The monoisotopic (exact) mass is 290 g/mol. The molecule has 0 saturated carbocycles. The fourth-order valence-corrected chi connectivity index (χ4v) is 2.04. The van der Waals surface area contributed by atoms with Crippen LogP contribution in [-0.2, 0) is 13.1 Å². The lowest BCUT2D eigenvalue weighted by atomic mass is 10.2. The van der Waals surface area contributed by atoms with E-state index in [0.29, 0.717) is 18.3 Å². The number of hydrogen-bond donors (Lipinski definition) is 2. The van der Waals surface area contributed by atoms with E-state index in [-0.39, 0.29) is 6.03 Å². The van der Waals surface area contributed by atoms with E-state index >= 15 is 0 Å². The molecule has 0 aliphatic rings. The number of aryl methyl sites for hydroxylation is 2. The van der Waals surface area contributed by atoms with Crippen LogP contribution in [-0.4, -0.2) is 15.8 Å². The van der Waals surface area contributed by atoms with E-state index in [1.165, 1.54) is 0 Å². The van der Waals surface area contributed by atoms with Gasteiger partial charge in [-0.05, 0) is 31.9 Å². The average Bonchev–Trinajstić information content (AvgIpc) is 2.93. The van der Waals surface area contributed by atoms with Crippen molar-refractivity contribution in [2.24, 2.45) is 5.92 Å². The van der Waals surface area contributed by atoms with Gasteiger partial charge < -0.3 is 9.73 Å². The van der Waals surface area contributed by atoms with E-state index < -0.39 is 0 Å². The average molecular weight is 290 g/mol. The third kappa shape index (κ3) is 4.37. The summed E-state index contributed by atoms with van der Waals surface area (Å²) >= 11 is 0. The van der Waals surface area contributed by atoms with Crippen molar-refractivity contribution in [2.45, 2.75) is 40.8 Å². The van der Waals surface area contributed by atoms with Crippen molar-refractivity contribution in [2.75, 3.05) is 5.32 Å². The lowest BCUT2D eigenvalue weighted by Gasteiger charge is -2.11. The Kier molecular flexibility index (Phi) is 4.67. The maximum atomic E-state index is 11.9. The molecule has 0 fully saturated rings. The van der Waals surface area contributed by atoms with Crippen molar-refractivity contribution < 1.29 is 9.21 Å². The van der Waals surface area contributed by atoms with Crippen LogP contribution < -0.4 is 10.6 Å². The molecule has 0 radical (unpaired) electrons. The zero-order valence-electron chi connectivity index (χ0n) is 12.9. The maximum absolute atomic E-state index is 11.9. The standard InChI is InChI=1S/C15H22N4O2/c1-10(2)9-19-14(7-11(3)18-19)17-15(20)16-8-13-6-5-12(4)21-13/h5-7,10H,8-9H2,1-4H3,(H2,16,17,20). The predicted molar refractivity (Wildman–Crippen MR) is 81.1 cm³/mol. The molecule has 21 heavy (non-hydrogen) atoms. The van der Waals surface area contributed by atoms with Crippen molar-refractivity contribution in [1.82, 2.24) is 15.1 Å². The highest BCUT2D eigenvalue weighted by Gasteiger charge is 2.10. The zero-order valence-corrected chi connectivity index (χ0v) is 12.9. The molecule has 2 rings (SSSR count). The number of nitrogens with zero attached hydrogens (tertiary/aromatic N) is 2. The second-order valence-corrected chi connectivity index (χ2v) is 5.57. The molecule has 2 heterocycles. The summed E-state index contributed by atoms with van der Waals surface area (Å²) in [5.74, 6) is 2.72. The third-order valence-electron chi connectivity index (χ3n) is 2.90. The summed E-state index contributed by atoms with van der Waals surface area (Å²) in [6.07, 6.45) is 0. The van der Waals surface area contributed by atoms with Crippen LogP contribution in [0.3, 0.4) is 0 Å². The zero-order chi connectivity index (χ0) is 15.4. The van der Waals surface area contributed by atoms with Crippen LogP contribution in [0.25, 0.3) is 0 Å². The quantitative estimate of drug-likeness (QED) is 0.889. The second-order valence-electron chi connectivity index (χ2n) is 5.57. The number of carbonyl (C=O) groups is 1. The Morgan fingerprint density at radius 2 is 2.14 bits per heavy atom. The van der Waals surface area contributed by atoms with E-state index in [1.807, 2.05) is 36.7 Å². The van der Waals surface area contributed by atoms with Crippen LogP contribution >= 0.6 is 0 Å². The van der Waals surface area contributed by atoms with E-state index in [1.54, 1.807) is 0 Å². The molecule has 2 N–H and O–H groups in total. The fraction of sp³-hybridized carbons (Fsp3) is 0.467. The van der Waals surface area contributed by atoms with Crippen molar-refractivity contribution >= 4 is 11.8 Å². The first-order valence-corrected chi connectivity index (χ1v) is 7.08. The minimum absolute atomic E-state index is 0.269. The number of amides is 2. The topological polar surface area (TPSA) is 72.1 Å². The van der Waals surface area contributed by atoms with Gasteiger partial charge in [0.05, 0.1) is 12.2 Å². The van der Waals surface area contributed by atoms with Gasteiger partial charge >= 0.3 is 6.03 Å². The normalized spacial score (nSPS) is 10.9. The molecular weight excluding hydrogens is 268 g/mol. The third-order valence-corrected chi connectivity index (χ3v) is 2.90. The van der Waals surface area contributed by atoms with Gasteiger partial charge in [-0.25, -0.2) is 9.48 Å². The van der Waals surface area contributed by atoms with Crippen LogP contribution in [0.5, 0.6) is 0 Å². The van der Waals surface area contributed by atoms with Crippen LogP contribution in [0, 0.1) is 19.8 Å². The largest absolute Gasteiger partial charge is 0.465 e. The molecule has 0 bridgehead atoms. The highest BCUT2D eigenvalue weighted by molar-refractivity contribution is 5.88. The van der Waals surface area contributed by atoms with Gasteiger partial charge in [0, 0.05) is 12.6 Å². The van der Waals surface area contributed by atoms with Crippen molar-refractivity contribution in [3.05, 3.63) is 35.4 Å². The molecule has 2 aromatic rings. The van der Waals surface area contributed by atoms with Gasteiger partial charge in [-0.3, -0.25) is 5.32 Å². The molecule has 2 amide bonds. The van der Waals surface area contributed by atoms with E-state index in [2.05, 4.69) is 29.6 Å². The van der Waals surface area contributed by atoms with E-state index in [4.69, 9.17) is 4.42 Å². The number of hydrogen-bond acceptors (Lipinski definition) is 3. The molecule has 2 aromatic heterocycles. The highest BCUT2D eigenvalue weighted by atomic mass is 16.3. The van der Waals surface area contributed by atoms with E-state index in [0.717, 1.165) is 23.8 Å². The molecule has 0 saturated heterocycles. The van der Waals surface area contributed by atoms with Gasteiger partial charge in [0.25, 0.3) is 0 Å². The van der Waals surface area contributed by atoms with Gasteiger partial charge in [-0.1, -0.05) is 13.8 Å². The van der Waals surface area contributed by atoms with Gasteiger partial charge in [0.15, 0.2) is 0 Å². The number of nitrogens with one attached hydrogen (secondary N) is 2. The van der Waals surface area contributed by atoms with Crippen molar-refractivity contribution in [3.63, 3.8) is 0 Å². The van der Waals surface area contributed by atoms with E-state index in [9.17, 15) is 4.79 Å². The molecule has 0 aliphatic carbocycles. The number of furan rings is 1. The van der Waals surface area contributed by atoms with Gasteiger partial charge in [-0.2, -0.15) is 5.10 Å². The first kappa shape index (κ1) is 15.2. The maximum Gasteiger partial charge on any atom is 0.320 e. The highest BCUT2D eigenvalue weighted by Crippen LogP contribution is 2.12. The lowest BCUT2D eigenvalue weighted by molar-refractivity contribution is 0.250. The Balaban J connectivity index is 1.93. The Morgan fingerprint density at radius 3 is 2.76 bits per heavy atom. The fourth-order valence-electron chi connectivity index (χ4n) is 2.04. The summed E-state index contributed by atoms with van der Waals surface area (Å²) < 4.78 is 7.22. The first-order chi connectivity index (χ1) is 9.94. The molecule has 0 aliphatic heterocycles. The summed E-state index contributed by atoms with van der Waals surface area (Å²) in [4.78, 5) is 11.9. The molecule has 0 spiro atoms. The van der Waals surface area contributed by atoms with Crippen LogP contribution in [0.15, 0.2) is 22.6 Å². The molecular formula is C15H22N4O2. The molecule has 114 valence electrons. The van der Waals surface area contributed by atoms with Crippen LogP contribution in [0.4, 0.5) is 10.6 Å². The first-order valence-electron chi connectivity index (χ1n) is 7.08. The Morgan fingerprint density at radius 1 is 1.38 bits per heavy atom.